The summed E-state index contributed by atoms with van der Waals surface area (Å²) in [6.45, 7) is 1.92. The van der Waals surface area contributed by atoms with Crippen LogP contribution in [0.1, 0.15) is 15.9 Å². The van der Waals surface area contributed by atoms with Crippen molar-refractivity contribution in [2.24, 2.45) is 0 Å². The number of fused-ring (bicyclic) bond motifs is 1. The van der Waals surface area contributed by atoms with Gasteiger partial charge in [0, 0.05) is 17.8 Å². The number of hydrogen-bond acceptors (Lipinski definition) is 2. The van der Waals surface area contributed by atoms with Crippen molar-refractivity contribution in [2.75, 3.05) is 5.32 Å². The van der Waals surface area contributed by atoms with Gasteiger partial charge in [-0.05, 0) is 30.7 Å². The van der Waals surface area contributed by atoms with Gasteiger partial charge >= 0.3 is 0 Å². The molecule has 2 heterocycles. The summed E-state index contributed by atoms with van der Waals surface area (Å²) < 4.78 is 28.9. The lowest BCUT2D eigenvalue weighted by atomic mass is 10.1. The van der Waals surface area contributed by atoms with Gasteiger partial charge in [-0.25, -0.2) is 13.8 Å². The molecule has 1 N–H and O–H groups in total. The number of rotatable bonds is 3. The molecular formula is C21H15F2N3O. The minimum Gasteiger partial charge on any atom is -0.306 e. The second-order valence-corrected chi connectivity index (χ2v) is 6.19. The third kappa shape index (κ3) is 3.17. The van der Waals surface area contributed by atoms with Gasteiger partial charge in [-0.2, -0.15) is 0 Å². The second-order valence-electron chi connectivity index (χ2n) is 6.19. The van der Waals surface area contributed by atoms with Crippen LogP contribution in [0.4, 0.5) is 14.6 Å². The Labute approximate surface area is 154 Å². The number of pyridine rings is 1. The molecule has 0 saturated heterocycles. The van der Waals surface area contributed by atoms with E-state index < -0.39 is 17.5 Å². The molecule has 1 amide bonds. The first kappa shape index (κ1) is 16.9. The Morgan fingerprint density at radius 3 is 2.56 bits per heavy atom. The highest BCUT2D eigenvalue weighted by Gasteiger charge is 2.19. The van der Waals surface area contributed by atoms with E-state index in [9.17, 15) is 13.6 Å². The van der Waals surface area contributed by atoms with Crippen LogP contribution in [0, 0.1) is 18.6 Å². The zero-order valence-corrected chi connectivity index (χ0v) is 14.4. The van der Waals surface area contributed by atoms with E-state index in [1.807, 2.05) is 55.6 Å². The SMILES string of the molecule is Cc1ccc2nc(-c3ccccc3)c(NC(=O)c3ccc(F)cc3F)n2c1. The van der Waals surface area contributed by atoms with Crippen molar-refractivity contribution < 1.29 is 13.6 Å². The molecule has 2 aromatic carbocycles. The Morgan fingerprint density at radius 2 is 1.81 bits per heavy atom. The Bertz CT molecular complexity index is 1150. The molecule has 2 aromatic heterocycles. The number of aromatic nitrogens is 2. The minimum atomic E-state index is -0.918. The maximum Gasteiger partial charge on any atom is 0.259 e. The summed E-state index contributed by atoms with van der Waals surface area (Å²) in [5.41, 5.74) is 2.76. The highest BCUT2D eigenvalue weighted by atomic mass is 19.1. The number of nitrogens with one attached hydrogen (secondary N) is 1. The molecule has 0 atom stereocenters. The first-order chi connectivity index (χ1) is 13.0. The van der Waals surface area contributed by atoms with Gasteiger partial charge in [0.05, 0.1) is 5.56 Å². The fourth-order valence-electron chi connectivity index (χ4n) is 2.92. The number of carbonyl (C=O) groups is 1. The van der Waals surface area contributed by atoms with Crippen molar-refractivity contribution in [3.63, 3.8) is 0 Å². The van der Waals surface area contributed by atoms with Crippen molar-refractivity contribution in [3.8, 4) is 11.3 Å². The molecule has 0 bridgehead atoms. The Kier molecular flexibility index (Phi) is 4.16. The minimum absolute atomic E-state index is 0.238. The molecule has 4 rings (SSSR count). The molecule has 6 heteroatoms. The zero-order chi connectivity index (χ0) is 19.0. The van der Waals surface area contributed by atoms with Crippen molar-refractivity contribution in [2.45, 2.75) is 6.92 Å². The zero-order valence-electron chi connectivity index (χ0n) is 14.4. The van der Waals surface area contributed by atoms with Crippen LogP contribution in [0.3, 0.4) is 0 Å². The molecule has 0 aliphatic rings. The molecule has 0 unspecified atom stereocenters. The van der Waals surface area contributed by atoms with Gasteiger partial charge in [0.1, 0.15) is 28.8 Å². The average molecular weight is 363 g/mol. The predicted octanol–water partition coefficient (Wildman–Crippen LogP) is 4.84. The quantitative estimate of drug-likeness (QED) is 0.566. The van der Waals surface area contributed by atoms with Crippen LogP contribution >= 0.6 is 0 Å². The number of imidazole rings is 1. The summed E-state index contributed by atoms with van der Waals surface area (Å²) in [6, 6.07) is 16.0. The van der Waals surface area contributed by atoms with E-state index >= 15 is 0 Å². The molecule has 4 aromatic rings. The van der Waals surface area contributed by atoms with Gasteiger partial charge in [0.25, 0.3) is 5.91 Å². The van der Waals surface area contributed by atoms with Crippen LogP contribution in [-0.2, 0) is 0 Å². The third-order valence-corrected chi connectivity index (χ3v) is 4.22. The number of nitrogens with zero attached hydrogens (tertiary/aromatic N) is 2. The van der Waals surface area contributed by atoms with Gasteiger partial charge in [-0.15, -0.1) is 0 Å². The highest BCUT2D eigenvalue weighted by Crippen LogP contribution is 2.29. The van der Waals surface area contributed by atoms with Crippen LogP contribution in [0.5, 0.6) is 0 Å². The molecule has 4 nitrogen and oxygen atoms in total. The number of hydrogen-bond donors (Lipinski definition) is 1. The van der Waals surface area contributed by atoms with E-state index in [-0.39, 0.29) is 5.56 Å². The van der Waals surface area contributed by atoms with E-state index in [0.717, 1.165) is 23.3 Å². The standard InChI is InChI=1S/C21H15F2N3O/c1-13-7-10-18-24-19(14-5-3-2-4-6-14)20(26(18)12-13)25-21(27)16-9-8-15(22)11-17(16)23/h2-12H,1H3,(H,25,27). The first-order valence-corrected chi connectivity index (χ1v) is 8.33. The average Bonchev–Trinajstić information content (AvgIpc) is 3.00. The molecule has 0 saturated carbocycles. The second kappa shape index (κ2) is 6.64. The van der Waals surface area contributed by atoms with E-state index in [1.54, 1.807) is 4.40 Å². The van der Waals surface area contributed by atoms with Crippen molar-refractivity contribution in [1.82, 2.24) is 9.38 Å². The third-order valence-electron chi connectivity index (χ3n) is 4.22. The number of halogens is 2. The van der Waals surface area contributed by atoms with Gasteiger partial charge < -0.3 is 5.32 Å². The fraction of sp³-hybridized carbons (Fsp3) is 0.0476. The maximum absolute atomic E-state index is 14.0. The van der Waals surface area contributed by atoms with E-state index in [2.05, 4.69) is 10.3 Å². The molecule has 0 spiro atoms. The van der Waals surface area contributed by atoms with Crippen molar-refractivity contribution >= 4 is 17.4 Å². The molecule has 134 valence electrons. The van der Waals surface area contributed by atoms with E-state index in [1.165, 1.54) is 0 Å². The maximum atomic E-state index is 14.0. The Balaban J connectivity index is 1.84. The van der Waals surface area contributed by atoms with Crippen LogP contribution in [0.25, 0.3) is 16.9 Å². The Morgan fingerprint density at radius 1 is 1.04 bits per heavy atom. The summed E-state index contributed by atoms with van der Waals surface area (Å²) >= 11 is 0. The number of anilines is 1. The van der Waals surface area contributed by atoms with Gasteiger partial charge in [-0.1, -0.05) is 36.4 Å². The smallest absolute Gasteiger partial charge is 0.259 e. The van der Waals surface area contributed by atoms with E-state index in [4.69, 9.17) is 0 Å². The van der Waals surface area contributed by atoms with Crippen LogP contribution in [0.2, 0.25) is 0 Å². The molecule has 27 heavy (non-hydrogen) atoms. The number of amides is 1. The number of aryl methyl sites for hydroxylation is 1. The highest BCUT2D eigenvalue weighted by molar-refractivity contribution is 6.06. The lowest BCUT2D eigenvalue weighted by Gasteiger charge is -2.09. The Hall–Kier alpha value is -3.54. The normalized spacial score (nSPS) is 10.9. The van der Waals surface area contributed by atoms with Crippen molar-refractivity contribution in [3.05, 3.63) is 89.6 Å². The molecule has 0 fully saturated rings. The molecule has 0 aliphatic heterocycles. The van der Waals surface area contributed by atoms with E-state index in [0.29, 0.717) is 23.2 Å². The molecule has 0 radical (unpaired) electrons. The van der Waals surface area contributed by atoms with Crippen LogP contribution < -0.4 is 5.32 Å². The van der Waals surface area contributed by atoms with Crippen molar-refractivity contribution in [1.29, 1.82) is 0 Å². The van der Waals surface area contributed by atoms with Gasteiger partial charge in [0.15, 0.2) is 0 Å². The monoisotopic (exact) mass is 363 g/mol. The van der Waals surface area contributed by atoms with Gasteiger partial charge in [-0.3, -0.25) is 9.20 Å². The fourth-order valence-corrected chi connectivity index (χ4v) is 2.92. The first-order valence-electron chi connectivity index (χ1n) is 8.33. The lowest BCUT2D eigenvalue weighted by Crippen LogP contribution is -2.16. The summed E-state index contributed by atoms with van der Waals surface area (Å²) in [4.78, 5) is 17.2. The predicted molar refractivity (Wildman–Crippen MR) is 99.7 cm³/mol. The van der Waals surface area contributed by atoms with Crippen LogP contribution in [0.15, 0.2) is 66.9 Å². The summed E-state index contributed by atoms with van der Waals surface area (Å²) in [6.07, 6.45) is 1.84. The number of benzene rings is 2. The molecule has 0 aliphatic carbocycles. The lowest BCUT2D eigenvalue weighted by molar-refractivity contribution is 0.102. The topological polar surface area (TPSA) is 46.4 Å². The van der Waals surface area contributed by atoms with Crippen LogP contribution in [-0.4, -0.2) is 15.3 Å². The summed E-state index contributed by atoms with van der Waals surface area (Å²) in [5.74, 6) is -1.90. The van der Waals surface area contributed by atoms with Gasteiger partial charge in [0.2, 0.25) is 0 Å². The summed E-state index contributed by atoms with van der Waals surface area (Å²) in [7, 11) is 0. The molecular weight excluding hydrogens is 348 g/mol. The largest absolute Gasteiger partial charge is 0.306 e. The summed E-state index contributed by atoms with van der Waals surface area (Å²) in [5, 5.41) is 2.73. The number of carbonyl (C=O) groups excluding carboxylic acids is 1.